The molecule has 5 nitrogen and oxygen atoms in total. The van der Waals surface area contributed by atoms with Crippen molar-refractivity contribution in [3.05, 3.63) is 70.8 Å². The molecule has 0 aliphatic rings. The first-order valence-electron chi connectivity index (χ1n) is 10.8. The van der Waals surface area contributed by atoms with Gasteiger partial charge < -0.3 is 0 Å². The summed E-state index contributed by atoms with van der Waals surface area (Å²) in [6.45, 7) is 11.7. The molecule has 7 heteroatoms. The second kappa shape index (κ2) is 11.4. The predicted octanol–water partition coefficient (Wildman–Crippen LogP) is 7.23. The Kier molecular flexibility index (Phi) is 9.42. The number of carbonyl (C=O) groups is 1. The quantitative estimate of drug-likeness (QED) is 0.304. The molecule has 0 radical (unpaired) electrons. The topological polar surface area (TPSA) is 69.7 Å². The van der Waals surface area contributed by atoms with E-state index in [1.807, 2.05) is 48.5 Å². The zero-order valence-electron chi connectivity index (χ0n) is 19.6. The maximum Gasteiger partial charge on any atom is 0.328 e. The summed E-state index contributed by atoms with van der Waals surface area (Å²) in [6.07, 6.45) is 1.81. The Morgan fingerprint density at radius 2 is 1.03 bits per heavy atom. The normalized spacial score (nSPS) is 15.8. The molecule has 0 spiro atoms. The number of benzene rings is 2. The summed E-state index contributed by atoms with van der Waals surface area (Å²) in [7, 11) is -1.27. The van der Waals surface area contributed by atoms with E-state index in [9.17, 15) is 13.9 Å². The minimum Gasteiger partial charge on any atom is -0.292 e. The molecule has 0 amide bonds. The number of hydrogen-bond acceptors (Lipinski definition) is 5. The van der Waals surface area contributed by atoms with Crippen molar-refractivity contribution in [3.63, 3.8) is 0 Å². The molecule has 0 saturated heterocycles. The molecule has 2 rings (SSSR count). The van der Waals surface area contributed by atoms with Gasteiger partial charge in [0.15, 0.2) is 11.2 Å². The Labute approximate surface area is 194 Å². The standard InChI is InChI=1S/C25H32O5P2/c1-17(2)15-19-7-11-21(12-8-19)24(5,29-31-27)23(26)25(6,30-32-28)22-13-9-20(10-14-22)16-18(3)4/h7-14,17-18H,15-16H2,1-6H3. The summed E-state index contributed by atoms with van der Waals surface area (Å²) < 4.78 is 33.9. The molecular formula is C25H32O5P2. The molecule has 0 fully saturated rings. The first kappa shape index (κ1) is 26.5. The molecule has 0 saturated carbocycles. The molecule has 0 heterocycles. The van der Waals surface area contributed by atoms with Crippen molar-refractivity contribution >= 4 is 23.2 Å². The largest absolute Gasteiger partial charge is 0.328 e. The van der Waals surface area contributed by atoms with Crippen LogP contribution < -0.4 is 0 Å². The third kappa shape index (κ3) is 6.17. The fourth-order valence-corrected chi connectivity index (χ4v) is 4.59. The molecule has 0 N–H and O–H groups in total. The molecule has 32 heavy (non-hydrogen) atoms. The van der Waals surface area contributed by atoms with Crippen LogP contribution in [0, 0.1) is 11.8 Å². The van der Waals surface area contributed by atoms with E-state index in [0.717, 1.165) is 24.0 Å². The SMILES string of the molecule is CC(C)Cc1ccc(C(C)(OP=O)C(=O)C(C)(OP=O)c2ccc(CC(C)C)cc2)cc1. The highest BCUT2D eigenvalue weighted by Crippen LogP contribution is 2.41. The van der Waals surface area contributed by atoms with Gasteiger partial charge in [-0.2, -0.15) is 0 Å². The van der Waals surface area contributed by atoms with Crippen molar-refractivity contribution < 1.29 is 23.0 Å². The Morgan fingerprint density at radius 1 is 0.719 bits per heavy atom. The number of Topliss-reactive ketones (excluding diaryl/α,β-unsaturated/α-hetero) is 1. The van der Waals surface area contributed by atoms with Gasteiger partial charge in [0, 0.05) is 0 Å². The summed E-state index contributed by atoms with van der Waals surface area (Å²) >= 11 is 0. The Morgan fingerprint density at radius 3 is 1.28 bits per heavy atom. The smallest absolute Gasteiger partial charge is 0.292 e. The van der Waals surface area contributed by atoms with Crippen LogP contribution in [0.2, 0.25) is 0 Å². The van der Waals surface area contributed by atoms with Crippen LogP contribution in [0.4, 0.5) is 0 Å². The van der Waals surface area contributed by atoms with E-state index in [1.54, 1.807) is 13.8 Å². The van der Waals surface area contributed by atoms with Crippen LogP contribution in [0.1, 0.15) is 63.8 Å². The lowest BCUT2D eigenvalue weighted by Crippen LogP contribution is -2.47. The van der Waals surface area contributed by atoms with Crippen molar-refractivity contribution in [1.82, 2.24) is 0 Å². The highest BCUT2D eigenvalue weighted by Gasteiger charge is 2.50. The van der Waals surface area contributed by atoms with Crippen LogP contribution in [0.15, 0.2) is 48.5 Å². The lowest BCUT2D eigenvalue weighted by Gasteiger charge is -2.35. The molecule has 2 aromatic rings. The van der Waals surface area contributed by atoms with E-state index in [1.165, 1.54) is 0 Å². The average molecular weight is 474 g/mol. The Balaban J connectivity index is 2.48. The molecule has 2 unspecified atom stereocenters. The van der Waals surface area contributed by atoms with Gasteiger partial charge in [-0.1, -0.05) is 76.2 Å². The van der Waals surface area contributed by atoms with E-state index in [2.05, 4.69) is 27.7 Å². The maximum atomic E-state index is 13.9. The Bertz CT molecular complexity index is 849. The Hall–Kier alpha value is -1.77. The van der Waals surface area contributed by atoms with Gasteiger partial charge in [0.05, 0.1) is 0 Å². The fraction of sp³-hybridized carbons (Fsp3) is 0.480. The third-order valence-electron chi connectivity index (χ3n) is 5.60. The summed E-state index contributed by atoms with van der Waals surface area (Å²) in [5.74, 6) is 0.498. The zero-order valence-corrected chi connectivity index (χ0v) is 21.4. The van der Waals surface area contributed by atoms with E-state index in [-0.39, 0.29) is 0 Å². The van der Waals surface area contributed by atoms with Crippen LogP contribution >= 0.6 is 17.4 Å². The van der Waals surface area contributed by atoms with Gasteiger partial charge in [-0.05, 0) is 60.8 Å². The third-order valence-corrected chi connectivity index (χ3v) is 6.48. The monoisotopic (exact) mass is 474 g/mol. The van der Waals surface area contributed by atoms with Crippen LogP contribution in [0.25, 0.3) is 0 Å². The number of carbonyl (C=O) groups excluding carboxylic acids is 1. The van der Waals surface area contributed by atoms with E-state index < -0.39 is 34.4 Å². The number of hydrogen-bond donors (Lipinski definition) is 0. The summed E-state index contributed by atoms with van der Waals surface area (Å²) in [4.78, 5) is 13.9. The minimum atomic E-state index is -1.57. The van der Waals surface area contributed by atoms with Crippen LogP contribution in [-0.4, -0.2) is 5.78 Å². The van der Waals surface area contributed by atoms with Crippen LogP contribution in [0.5, 0.6) is 0 Å². The minimum absolute atomic E-state index is 0.495. The molecule has 0 bridgehead atoms. The second-order valence-electron chi connectivity index (χ2n) is 9.32. The highest BCUT2D eigenvalue weighted by atomic mass is 31.1. The van der Waals surface area contributed by atoms with E-state index in [0.29, 0.717) is 23.0 Å². The van der Waals surface area contributed by atoms with Gasteiger partial charge in [0.2, 0.25) is 5.78 Å². The molecule has 0 aromatic heterocycles. The predicted molar refractivity (Wildman–Crippen MR) is 127 cm³/mol. The first-order chi connectivity index (χ1) is 15.1. The van der Waals surface area contributed by atoms with Crippen molar-refractivity contribution in [2.24, 2.45) is 11.8 Å². The van der Waals surface area contributed by atoms with Gasteiger partial charge in [-0.25, -0.2) is 9.13 Å². The summed E-state index contributed by atoms with van der Waals surface area (Å²) in [5, 5.41) is 0. The summed E-state index contributed by atoms with van der Waals surface area (Å²) in [5.41, 5.74) is 0.220. The fourth-order valence-electron chi connectivity index (χ4n) is 3.92. The molecular weight excluding hydrogens is 442 g/mol. The lowest BCUT2D eigenvalue weighted by atomic mass is 9.79. The van der Waals surface area contributed by atoms with Gasteiger partial charge >= 0.3 is 17.4 Å². The van der Waals surface area contributed by atoms with Crippen molar-refractivity contribution in [2.75, 3.05) is 0 Å². The molecule has 0 aliphatic heterocycles. The van der Waals surface area contributed by atoms with Gasteiger partial charge in [0.25, 0.3) is 0 Å². The zero-order chi connectivity index (χ0) is 23.9. The molecule has 2 atom stereocenters. The first-order valence-corrected chi connectivity index (χ1v) is 12.3. The molecule has 2 aromatic carbocycles. The van der Waals surface area contributed by atoms with Crippen molar-refractivity contribution in [2.45, 2.75) is 65.6 Å². The summed E-state index contributed by atoms with van der Waals surface area (Å²) in [6, 6.07) is 15.0. The molecule has 0 aliphatic carbocycles. The maximum absolute atomic E-state index is 13.9. The van der Waals surface area contributed by atoms with Gasteiger partial charge in [-0.15, -0.1) is 0 Å². The van der Waals surface area contributed by atoms with Gasteiger partial charge in [0.1, 0.15) is 0 Å². The average Bonchev–Trinajstić information content (AvgIpc) is 2.73. The number of ketones is 1. The van der Waals surface area contributed by atoms with E-state index in [4.69, 9.17) is 9.05 Å². The van der Waals surface area contributed by atoms with Crippen molar-refractivity contribution in [3.8, 4) is 0 Å². The van der Waals surface area contributed by atoms with Crippen molar-refractivity contribution in [1.29, 1.82) is 0 Å². The lowest BCUT2D eigenvalue weighted by molar-refractivity contribution is -0.149. The number of rotatable bonds is 12. The van der Waals surface area contributed by atoms with Crippen LogP contribution in [-0.2, 0) is 47.0 Å². The van der Waals surface area contributed by atoms with Gasteiger partial charge in [-0.3, -0.25) is 13.8 Å². The van der Waals surface area contributed by atoms with E-state index >= 15 is 0 Å². The molecule has 172 valence electrons. The highest BCUT2D eigenvalue weighted by molar-refractivity contribution is 7.17. The van der Waals surface area contributed by atoms with Crippen LogP contribution in [0.3, 0.4) is 0 Å². The second-order valence-corrected chi connectivity index (χ2v) is 9.98.